The first-order valence-corrected chi connectivity index (χ1v) is 8.91. The second-order valence-electron chi connectivity index (χ2n) is 5.58. The summed E-state index contributed by atoms with van der Waals surface area (Å²) in [6.45, 7) is 2.70. The molecule has 9 heteroatoms. The predicted molar refractivity (Wildman–Crippen MR) is 87.9 cm³/mol. The number of carboxylic acids is 1. The smallest absolute Gasteiger partial charge is 0.337 e. The number of halogens is 1. The first kappa shape index (κ1) is 18.2. The Morgan fingerprint density at radius 2 is 1.87 bits per heavy atom. The molecule has 7 nitrogen and oxygen atoms in total. The molecular formula is C14H20ClN3O4S. The number of carboxylic acid groups (broad SMARTS) is 1. The molecule has 1 N–H and O–H groups in total. The number of aromatic carboxylic acids is 1. The largest absolute Gasteiger partial charge is 0.478 e. The molecule has 0 radical (unpaired) electrons. The fourth-order valence-electron chi connectivity index (χ4n) is 2.44. The molecular weight excluding hydrogens is 342 g/mol. The summed E-state index contributed by atoms with van der Waals surface area (Å²) in [6, 6.07) is 4.87. The van der Waals surface area contributed by atoms with E-state index in [0.29, 0.717) is 32.7 Å². The van der Waals surface area contributed by atoms with Crippen molar-refractivity contribution in [3.05, 3.63) is 34.3 Å². The van der Waals surface area contributed by atoms with Crippen molar-refractivity contribution in [1.29, 1.82) is 0 Å². The molecule has 0 bridgehead atoms. The van der Waals surface area contributed by atoms with E-state index in [1.54, 1.807) is 12.1 Å². The number of piperazine rings is 1. The number of hydrogen-bond donors (Lipinski definition) is 1. The van der Waals surface area contributed by atoms with Gasteiger partial charge in [-0.25, -0.2) is 4.79 Å². The molecule has 1 aromatic carbocycles. The van der Waals surface area contributed by atoms with Crippen molar-refractivity contribution in [3.63, 3.8) is 0 Å². The Balaban J connectivity index is 1.97. The molecule has 1 aliphatic rings. The summed E-state index contributed by atoms with van der Waals surface area (Å²) in [5.74, 6) is -1.05. The zero-order chi connectivity index (χ0) is 17.2. The molecule has 0 saturated carbocycles. The number of rotatable bonds is 5. The highest BCUT2D eigenvalue weighted by Crippen LogP contribution is 2.20. The Morgan fingerprint density at radius 3 is 2.35 bits per heavy atom. The van der Waals surface area contributed by atoms with Crippen LogP contribution in [0.15, 0.2) is 18.2 Å². The molecule has 1 aliphatic heterocycles. The van der Waals surface area contributed by atoms with Crippen LogP contribution >= 0.6 is 11.6 Å². The lowest BCUT2D eigenvalue weighted by atomic mass is 10.1. The summed E-state index contributed by atoms with van der Waals surface area (Å²) in [4.78, 5) is 13.1. The molecule has 0 amide bonds. The van der Waals surface area contributed by atoms with Gasteiger partial charge in [0, 0.05) is 46.8 Å². The van der Waals surface area contributed by atoms with Crippen molar-refractivity contribution in [3.8, 4) is 0 Å². The highest BCUT2D eigenvalue weighted by Gasteiger charge is 2.28. The highest BCUT2D eigenvalue weighted by atomic mass is 35.5. The maximum absolute atomic E-state index is 12.1. The van der Waals surface area contributed by atoms with Crippen LogP contribution in [0.1, 0.15) is 15.9 Å². The van der Waals surface area contributed by atoms with Crippen LogP contribution in [0.2, 0.25) is 5.02 Å². The number of hydrogen-bond acceptors (Lipinski definition) is 4. The maximum atomic E-state index is 12.1. The third-order valence-electron chi connectivity index (χ3n) is 3.79. The Morgan fingerprint density at radius 1 is 1.26 bits per heavy atom. The van der Waals surface area contributed by atoms with E-state index < -0.39 is 16.2 Å². The molecule has 1 fully saturated rings. The lowest BCUT2D eigenvalue weighted by Gasteiger charge is -2.35. The second-order valence-corrected chi connectivity index (χ2v) is 8.13. The van der Waals surface area contributed by atoms with Crippen LogP contribution in [0.4, 0.5) is 0 Å². The lowest BCUT2D eigenvalue weighted by molar-refractivity contribution is 0.0697. The van der Waals surface area contributed by atoms with Gasteiger partial charge in [-0.05, 0) is 17.7 Å². The summed E-state index contributed by atoms with van der Waals surface area (Å²) in [5, 5.41) is 9.18. The van der Waals surface area contributed by atoms with Crippen molar-refractivity contribution >= 4 is 27.8 Å². The fourth-order valence-corrected chi connectivity index (χ4v) is 3.81. The van der Waals surface area contributed by atoms with Crippen LogP contribution in [-0.2, 0) is 16.8 Å². The first-order chi connectivity index (χ1) is 10.7. The summed E-state index contributed by atoms with van der Waals surface area (Å²) < 4.78 is 26.8. The predicted octanol–water partition coefficient (Wildman–Crippen LogP) is 0.962. The second kappa shape index (κ2) is 7.14. The van der Waals surface area contributed by atoms with Gasteiger partial charge in [0.05, 0.1) is 10.6 Å². The third-order valence-corrected chi connectivity index (χ3v) is 6.04. The van der Waals surface area contributed by atoms with Crippen molar-refractivity contribution < 1.29 is 18.3 Å². The van der Waals surface area contributed by atoms with Crippen molar-refractivity contribution in [2.45, 2.75) is 6.54 Å². The minimum absolute atomic E-state index is 0.0808. The summed E-state index contributed by atoms with van der Waals surface area (Å²) in [5.41, 5.74) is 0.987. The Kier molecular flexibility index (Phi) is 5.64. The molecule has 0 aliphatic carbocycles. The van der Waals surface area contributed by atoms with Crippen LogP contribution < -0.4 is 0 Å². The van der Waals surface area contributed by atoms with Gasteiger partial charge in [0.2, 0.25) is 0 Å². The van der Waals surface area contributed by atoms with E-state index in [4.69, 9.17) is 16.7 Å². The topological polar surface area (TPSA) is 81.2 Å². The zero-order valence-electron chi connectivity index (χ0n) is 13.1. The number of nitrogens with zero attached hydrogens (tertiary/aromatic N) is 3. The maximum Gasteiger partial charge on any atom is 0.337 e. The van der Waals surface area contributed by atoms with Crippen LogP contribution in [0.25, 0.3) is 0 Å². The normalized spacial score (nSPS) is 17.6. The van der Waals surface area contributed by atoms with E-state index in [-0.39, 0.29) is 10.6 Å². The van der Waals surface area contributed by atoms with Crippen LogP contribution in [-0.4, -0.2) is 73.3 Å². The number of benzene rings is 1. The van der Waals surface area contributed by atoms with Crippen LogP contribution in [0.5, 0.6) is 0 Å². The number of carbonyl (C=O) groups is 1. The van der Waals surface area contributed by atoms with Gasteiger partial charge >= 0.3 is 5.97 Å². The van der Waals surface area contributed by atoms with Gasteiger partial charge in [-0.1, -0.05) is 17.7 Å². The molecule has 0 unspecified atom stereocenters. The van der Waals surface area contributed by atoms with Crippen molar-refractivity contribution in [2.75, 3.05) is 40.3 Å². The third kappa shape index (κ3) is 4.21. The van der Waals surface area contributed by atoms with Gasteiger partial charge in [0.15, 0.2) is 0 Å². The molecule has 0 aromatic heterocycles. The van der Waals surface area contributed by atoms with E-state index in [0.717, 1.165) is 5.56 Å². The van der Waals surface area contributed by atoms with Gasteiger partial charge in [0.1, 0.15) is 0 Å². The molecule has 0 atom stereocenters. The van der Waals surface area contributed by atoms with E-state index >= 15 is 0 Å². The van der Waals surface area contributed by atoms with Crippen molar-refractivity contribution in [2.24, 2.45) is 0 Å². The fraction of sp³-hybridized carbons (Fsp3) is 0.500. The van der Waals surface area contributed by atoms with Gasteiger partial charge in [-0.15, -0.1) is 0 Å². The standard InChI is InChI=1S/C14H20ClN3O4S/c1-16(2)23(21,22)18-7-5-17(6-8-18)10-11-3-4-12(14(19)20)13(15)9-11/h3-4,9H,5-8,10H2,1-2H3,(H,19,20). The Labute approximate surface area is 141 Å². The minimum atomic E-state index is -3.36. The quantitative estimate of drug-likeness (QED) is 0.845. The molecule has 23 heavy (non-hydrogen) atoms. The van der Waals surface area contributed by atoms with Crippen molar-refractivity contribution in [1.82, 2.24) is 13.5 Å². The molecule has 2 rings (SSSR count). The summed E-state index contributed by atoms with van der Waals surface area (Å²) >= 11 is 5.97. The van der Waals surface area contributed by atoms with Crippen LogP contribution in [0.3, 0.4) is 0 Å². The molecule has 1 aromatic rings. The Bertz CT molecular complexity index is 685. The first-order valence-electron chi connectivity index (χ1n) is 7.13. The van der Waals surface area contributed by atoms with Gasteiger partial charge in [-0.3, -0.25) is 4.90 Å². The van der Waals surface area contributed by atoms with E-state index in [1.165, 1.54) is 28.8 Å². The monoisotopic (exact) mass is 361 g/mol. The van der Waals surface area contributed by atoms with Gasteiger partial charge in [-0.2, -0.15) is 17.0 Å². The van der Waals surface area contributed by atoms with Crippen LogP contribution in [0, 0.1) is 0 Å². The highest BCUT2D eigenvalue weighted by molar-refractivity contribution is 7.86. The molecule has 128 valence electrons. The van der Waals surface area contributed by atoms with E-state index in [1.807, 2.05) is 0 Å². The van der Waals surface area contributed by atoms with Gasteiger partial charge in [0.25, 0.3) is 10.2 Å². The van der Waals surface area contributed by atoms with E-state index in [2.05, 4.69) is 4.90 Å². The molecule has 1 heterocycles. The average Bonchev–Trinajstić information content (AvgIpc) is 2.47. The van der Waals surface area contributed by atoms with Gasteiger partial charge < -0.3 is 5.11 Å². The Hall–Kier alpha value is -1.19. The van der Waals surface area contributed by atoms with E-state index in [9.17, 15) is 13.2 Å². The SMILES string of the molecule is CN(C)S(=O)(=O)N1CCN(Cc2ccc(C(=O)O)c(Cl)c2)CC1. The summed E-state index contributed by atoms with van der Waals surface area (Å²) in [6.07, 6.45) is 0. The average molecular weight is 362 g/mol. The molecule has 0 spiro atoms. The zero-order valence-corrected chi connectivity index (χ0v) is 14.6. The lowest BCUT2D eigenvalue weighted by Crippen LogP contribution is -2.51. The molecule has 1 saturated heterocycles. The summed E-state index contributed by atoms with van der Waals surface area (Å²) in [7, 11) is -0.321. The minimum Gasteiger partial charge on any atom is -0.478 e.